The summed E-state index contributed by atoms with van der Waals surface area (Å²) in [5, 5.41) is 3.42. The third kappa shape index (κ3) is 2.33. The van der Waals surface area contributed by atoms with Crippen molar-refractivity contribution in [2.45, 2.75) is 32.4 Å². The molecule has 1 aliphatic rings. The zero-order valence-electron chi connectivity index (χ0n) is 6.18. The lowest BCUT2D eigenvalue weighted by Crippen LogP contribution is -2.34. The second kappa shape index (κ2) is 3.18. The molecule has 0 aromatic heterocycles. The van der Waals surface area contributed by atoms with Crippen LogP contribution in [0.1, 0.15) is 21.7 Å². The van der Waals surface area contributed by atoms with Crippen LogP contribution in [0, 0.1) is 0 Å². The van der Waals surface area contributed by atoms with Crippen LogP contribution >= 0.6 is 0 Å². The molecule has 0 bridgehead atoms. The summed E-state index contributed by atoms with van der Waals surface area (Å²) in [5.41, 5.74) is 0. The highest BCUT2D eigenvalue weighted by Gasteiger charge is 2.14. The first-order chi connectivity index (χ1) is 4.29. The minimum atomic E-state index is 0. The molecule has 2 nitrogen and oxygen atoms in total. The van der Waals surface area contributed by atoms with E-state index in [1.165, 1.54) is 6.42 Å². The quantitative estimate of drug-likeness (QED) is 0.604. The van der Waals surface area contributed by atoms with Gasteiger partial charge in [-0.05, 0) is 6.42 Å². The van der Waals surface area contributed by atoms with E-state index in [1.54, 1.807) is 0 Å². The van der Waals surface area contributed by atoms with E-state index >= 15 is 0 Å². The Morgan fingerprint density at radius 3 is 2.89 bits per heavy atom. The molecule has 0 spiro atoms. The zero-order chi connectivity index (χ0) is 6.69. The number of hydrogen-bond acceptors (Lipinski definition) is 2. The van der Waals surface area contributed by atoms with E-state index in [9.17, 15) is 0 Å². The van der Waals surface area contributed by atoms with E-state index < -0.39 is 0 Å². The maximum atomic E-state index is 5.20. The molecule has 1 rings (SSSR count). The second-order valence-corrected chi connectivity index (χ2v) is 2.88. The fourth-order valence-corrected chi connectivity index (χ4v) is 1.14. The summed E-state index contributed by atoms with van der Waals surface area (Å²) in [4.78, 5) is 0. The molecular formula is C7H17NO. The van der Waals surface area contributed by atoms with Crippen LogP contribution in [-0.4, -0.2) is 25.3 Å². The van der Waals surface area contributed by atoms with Crippen molar-refractivity contribution in [2.24, 2.45) is 0 Å². The molecule has 0 aromatic carbocycles. The van der Waals surface area contributed by atoms with Crippen molar-refractivity contribution >= 4 is 0 Å². The molecule has 0 aliphatic carbocycles. The van der Waals surface area contributed by atoms with Gasteiger partial charge in [0.15, 0.2) is 0 Å². The summed E-state index contributed by atoms with van der Waals surface area (Å²) in [6.45, 7) is 6.17. The molecule has 0 aromatic rings. The highest BCUT2D eigenvalue weighted by molar-refractivity contribution is 4.72. The Morgan fingerprint density at radius 1 is 1.67 bits per heavy atom. The molecule has 0 saturated carbocycles. The first-order valence-corrected chi connectivity index (χ1v) is 3.63. The van der Waals surface area contributed by atoms with Crippen molar-refractivity contribution in [3.8, 4) is 0 Å². The standard InChI is InChI=1S/C7H15NO.H2/c1-6(2)8-7-3-4-9-5-7;/h6-8H,3-5H2,1-2H3;1H. The molecule has 1 N–H and O–H groups in total. The number of rotatable bonds is 2. The average molecular weight is 131 g/mol. The molecule has 1 aliphatic heterocycles. The van der Waals surface area contributed by atoms with E-state index in [1.807, 2.05) is 0 Å². The Bertz CT molecular complexity index is 81.7. The van der Waals surface area contributed by atoms with E-state index in [0.717, 1.165) is 13.2 Å². The van der Waals surface area contributed by atoms with Gasteiger partial charge in [-0.3, -0.25) is 0 Å². The van der Waals surface area contributed by atoms with Gasteiger partial charge in [0.1, 0.15) is 0 Å². The van der Waals surface area contributed by atoms with Crippen LogP contribution in [0.5, 0.6) is 0 Å². The van der Waals surface area contributed by atoms with Gasteiger partial charge in [0.05, 0.1) is 6.61 Å². The van der Waals surface area contributed by atoms with Crippen LogP contribution in [0.15, 0.2) is 0 Å². The van der Waals surface area contributed by atoms with Crippen molar-refractivity contribution in [2.75, 3.05) is 13.2 Å². The topological polar surface area (TPSA) is 21.3 Å². The second-order valence-electron chi connectivity index (χ2n) is 2.88. The largest absolute Gasteiger partial charge is 0.380 e. The summed E-state index contributed by atoms with van der Waals surface area (Å²) in [5.74, 6) is 0. The van der Waals surface area contributed by atoms with Crippen LogP contribution in [-0.2, 0) is 4.74 Å². The Labute approximate surface area is 58.1 Å². The van der Waals surface area contributed by atoms with Gasteiger partial charge in [0.25, 0.3) is 0 Å². The van der Waals surface area contributed by atoms with Gasteiger partial charge >= 0.3 is 0 Å². The monoisotopic (exact) mass is 131 g/mol. The Kier molecular flexibility index (Phi) is 2.49. The van der Waals surface area contributed by atoms with Gasteiger partial charge in [0, 0.05) is 20.1 Å². The lowest BCUT2D eigenvalue weighted by molar-refractivity contribution is 0.188. The third-order valence-electron chi connectivity index (χ3n) is 1.50. The first kappa shape index (κ1) is 7.03. The van der Waals surface area contributed by atoms with E-state index in [4.69, 9.17) is 4.74 Å². The number of nitrogens with one attached hydrogen (secondary N) is 1. The van der Waals surface area contributed by atoms with Crippen molar-refractivity contribution in [1.29, 1.82) is 0 Å². The average Bonchev–Trinajstić information content (AvgIpc) is 2.15. The fourth-order valence-electron chi connectivity index (χ4n) is 1.14. The maximum absolute atomic E-state index is 5.20. The Morgan fingerprint density at radius 2 is 2.44 bits per heavy atom. The van der Waals surface area contributed by atoms with Crippen LogP contribution in [0.3, 0.4) is 0 Å². The predicted octanol–water partition coefficient (Wildman–Crippen LogP) is 1.02. The molecule has 9 heavy (non-hydrogen) atoms. The van der Waals surface area contributed by atoms with E-state index in [0.29, 0.717) is 12.1 Å². The Balaban J connectivity index is 0.000000810. The molecule has 1 saturated heterocycles. The van der Waals surface area contributed by atoms with Crippen molar-refractivity contribution in [3.05, 3.63) is 0 Å². The minimum Gasteiger partial charge on any atom is -0.380 e. The number of hydrogen-bond donors (Lipinski definition) is 1. The molecule has 1 heterocycles. The highest BCUT2D eigenvalue weighted by Crippen LogP contribution is 2.03. The third-order valence-corrected chi connectivity index (χ3v) is 1.50. The molecule has 1 atom stereocenters. The highest BCUT2D eigenvalue weighted by atomic mass is 16.5. The summed E-state index contributed by atoms with van der Waals surface area (Å²) in [6, 6.07) is 1.21. The molecule has 0 radical (unpaired) electrons. The molecule has 0 amide bonds. The fraction of sp³-hybridized carbons (Fsp3) is 1.00. The molecule has 1 unspecified atom stereocenters. The van der Waals surface area contributed by atoms with Crippen LogP contribution in [0.25, 0.3) is 0 Å². The van der Waals surface area contributed by atoms with Gasteiger partial charge < -0.3 is 10.1 Å². The lowest BCUT2D eigenvalue weighted by Gasteiger charge is -2.12. The summed E-state index contributed by atoms with van der Waals surface area (Å²) < 4.78 is 5.20. The van der Waals surface area contributed by atoms with Crippen LogP contribution in [0.4, 0.5) is 0 Å². The molecule has 56 valence electrons. The smallest absolute Gasteiger partial charge is 0.0620 e. The van der Waals surface area contributed by atoms with E-state index in [-0.39, 0.29) is 1.43 Å². The molecule has 2 heteroatoms. The summed E-state index contributed by atoms with van der Waals surface area (Å²) in [6.07, 6.45) is 1.18. The van der Waals surface area contributed by atoms with Crippen molar-refractivity contribution in [1.82, 2.24) is 5.32 Å². The van der Waals surface area contributed by atoms with Crippen LogP contribution in [0.2, 0.25) is 0 Å². The molecular weight excluding hydrogens is 114 g/mol. The minimum absolute atomic E-state index is 0. The predicted molar refractivity (Wildman–Crippen MR) is 39.6 cm³/mol. The maximum Gasteiger partial charge on any atom is 0.0620 e. The summed E-state index contributed by atoms with van der Waals surface area (Å²) >= 11 is 0. The Hall–Kier alpha value is -0.0800. The first-order valence-electron chi connectivity index (χ1n) is 3.63. The van der Waals surface area contributed by atoms with Gasteiger partial charge in [0.2, 0.25) is 0 Å². The van der Waals surface area contributed by atoms with Crippen LogP contribution < -0.4 is 5.32 Å². The molecule has 1 fully saturated rings. The van der Waals surface area contributed by atoms with E-state index in [2.05, 4.69) is 19.2 Å². The van der Waals surface area contributed by atoms with Gasteiger partial charge in [-0.2, -0.15) is 0 Å². The van der Waals surface area contributed by atoms with Crippen molar-refractivity contribution < 1.29 is 6.16 Å². The lowest BCUT2D eigenvalue weighted by atomic mass is 10.2. The summed E-state index contributed by atoms with van der Waals surface area (Å²) in [7, 11) is 0. The normalized spacial score (nSPS) is 27.7. The SMILES string of the molecule is CC(C)NC1CCOC1.[HH]. The van der Waals surface area contributed by atoms with Crippen molar-refractivity contribution in [3.63, 3.8) is 0 Å². The van der Waals surface area contributed by atoms with Gasteiger partial charge in [-0.1, -0.05) is 13.8 Å². The number of ether oxygens (including phenoxy) is 1. The van der Waals surface area contributed by atoms with Gasteiger partial charge in [-0.15, -0.1) is 0 Å². The van der Waals surface area contributed by atoms with Gasteiger partial charge in [-0.25, -0.2) is 0 Å². The zero-order valence-corrected chi connectivity index (χ0v) is 6.18.